The Morgan fingerprint density at radius 2 is 1.50 bits per heavy atom. The maximum atomic E-state index is 13.0. The fourth-order valence-corrected chi connectivity index (χ4v) is 8.46. The van der Waals surface area contributed by atoms with Crippen LogP contribution in [0, 0.1) is 11.3 Å². The molecule has 2 aliphatic rings. The fourth-order valence-electron chi connectivity index (χ4n) is 6.70. The zero-order chi connectivity index (χ0) is 37.3. The van der Waals surface area contributed by atoms with Gasteiger partial charge in [0.25, 0.3) is 8.53 Å². The van der Waals surface area contributed by atoms with Gasteiger partial charge in [0.15, 0.2) is 0 Å². The van der Waals surface area contributed by atoms with Crippen molar-refractivity contribution in [1.82, 2.24) is 14.9 Å². The van der Waals surface area contributed by atoms with E-state index in [0.717, 1.165) is 16.7 Å². The number of urea groups is 1. The van der Waals surface area contributed by atoms with Crippen molar-refractivity contribution in [2.24, 2.45) is 0 Å². The lowest BCUT2D eigenvalue weighted by molar-refractivity contribution is -0.125. The van der Waals surface area contributed by atoms with Crippen molar-refractivity contribution in [3.05, 3.63) is 95.6 Å². The van der Waals surface area contributed by atoms with Gasteiger partial charge in [-0.15, -0.1) is 0 Å². The summed E-state index contributed by atoms with van der Waals surface area (Å²) in [6.45, 7) is 8.80. The van der Waals surface area contributed by atoms with Gasteiger partial charge in [0.2, 0.25) is 5.91 Å². The standard InChI is InChI=1S/C39H49N4O8P/c1-27(2)43(28(3)4)52(49-24-10-22-40)51-34-25-37(42-23-21-36(44)41-38(42)45)50-35(34)26-48-39(29-11-8-7-9-12-29,30-13-17-32(46-5)18-14-30)31-15-19-33(47-6)20-16-31/h7-9,11-20,27-28,34-35,37H,10,21,23-26H2,1-6H3,(H,41,44,45)/t34-,35-,37-,52?/m1/s1. The molecule has 2 saturated heterocycles. The molecule has 0 radical (unpaired) electrons. The van der Waals surface area contributed by atoms with Crippen molar-refractivity contribution in [3.8, 4) is 17.6 Å². The first-order chi connectivity index (χ1) is 25.1. The van der Waals surface area contributed by atoms with E-state index in [-0.39, 0.29) is 50.6 Å². The molecule has 3 amide bonds. The number of hydrogen-bond donors (Lipinski definition) is 1. The van der Waals surface area contributed by atoms with Crippen molar-refractivity contribution >= 4 is 20.5 Å². The summed E-state index contributed by atoms with van der Waals surface area (Å²) in [5.74, 6) is 1.09. The Bertz CT molecular complexity index is 1600. The summed E-state index contributed by atoms with van der Waals surface area (Å²) in [6, 6.07) is 27.4. The molecule has 4 atom stereocenters. The third-order valence-electron chi connectivity index (χ3n) is 9.14. The number of hydrogen-bond acceptors (Lipinski definition) is 10. The SMILES string of the molecule is COc1ccc(C(OC[C@H]2O[C@@H](N3CCC(=O)NC3=O)C[C@H]2OP(OCCC#N)N(C(C)C)C(C)C)(c2ccccc2)c2ccc(OC)cc2)cc1. The molecule has 0 saturated carbocycles. The number of carbonyl (C=O) groups is 2. The smallest absolute Gasteiger partial charge is 0.326 e. The number of imide groups is 1. The first kappa shape index (κ1) is 39.1. The van der Waals surface area contributed by atoms with Gasteiger partial charge < -0.3 is 28.0 Å². The lowest BCUT2D eigenvalue weighted by Gasteiger charge is -2.39. The Labute approximate surface area is 307 Å². The molecule has 52 heavy (non-hydrogen) atoms. The van der Waals surface area contributed by atoms with Gasteiger partial charge in [0.1, 0.15) is 29.4 Å². The molecule has 278 valence electrons. The molecule has 1 N–H and O–H groups in total. The Morgan fingerprint density at radius 3 is 2.02 bits per heavy atom. The largest absolute Gasteiger partial charge is 0.497 e. The van der Waals surface area contributed by atoms with Gasteiger partial charge in [-0.25, -0.2) is 9.46 Å². The molecule has 3 aromatic rings. The predicted molar refractivity (Wildman–Crippen MR) is 196 cm³/mol. The maximum Gasteiger partial charge on any atom is 0.326 e. The number of nitriles is 1. The zero-order valence-corrected chi connectivity index (χ0v) is 31.6. The average Bonchev–Trinajstić information content (AvgIpc) is 3.54. The highest BCUT2D eigenvalue weighted by molar-refractivity contribution is 7.44. The third kappa shape index (κ3) is 8.92. The highest BCUT2D eigenvalue weighted by atomic mass is 31.2. The van der Waals surface area contributed by atoms with E-state index in [2.05, 4.69) is 43.8 Å². The van der Waals surface area contributed by atoms with E-state index in [4.69, 9.17) is 28.0 Å². The molecule has 12 nitrogen and oxygen atoms in total. The molecular formula is C39H49N4O8P. The quantitative estimate of drug-likeness (QED) is 0.0906. The summed E-state index contributed by atoms with van der Waals surface area (Å²) in [5, 5.41) is 11.7. The minimum absolute atomic E-state index is 0.0627. The van der Waals surface area contributed by atoms with Gasteiger partial charge in [-0.2, -0.15) is 5.26 Å². The second-order valence-corrected chi connectivity index (χ2v) is 14.6. The molecule has 0 aliphatic carbocycles. The number of rotatable bonds is 17. The number of methoxy groups -OCH3 is 2. The molecule has 2 fully saturated rings. The van der Waals surface area contributed by atoms with E-state index in [1.807, 2.05) is 78.9 Å². The summed E-state index contributed by atoms with van der Waals surface area (Å²) in [4.78, 5) is 26.6. The lowest BCUT2D eigenvalue weighted by Crippen LogP contribution is -2.53. The van der Waals surface area contributed by atoms with Crippen LogP contribution in [0.15, 0.2) is 78.9 Å². The molecule has 3 aromatic carbocycles. The third-order valence-corrected chi connectivity index (χ3v) is 11.3. The number of ether oxygens (including phenoxy) is 4. The van der Waals surface area contributed by atoms with Gasteiger partial charge in [-0.3, -0.25) is 15.0 Å². The first-order valence-corrected chi connectivity index (χ1v) is 18.7. The summed E-state index contributed by atoms with van der Waals surface area (Å²) in [7, 11) is 1.62. The van der Waals surface area contributed by atoms with Crippen molar-refractivity contribution in [2.75, 3.05) is 34.0 Å². The zero-order valence-electron chi connectivity index (χ0n) is 30.7. The molecule has 0 bridgehead atoms. The lowest BCUT2D eigenvalue weighted by atomic mass is 9.80. The van der Waals surface area contributed by atoms with Gasteiger partial charge in [0, 0.05) is 31.5 Å². The van der Waals surface area contributed by atoms with Crippen molar-refractivity contribution < 1.29 is 37.6 Å². The van der Waals surface area contributed by atoms with Crippen molar-refractivity contribution in [2.45, 2.75) is 83.1 Å². The molecule has 0 spiro atoms. The summed E-state index contributed by atoms with van der Waals surface area (Å²) in [5.41, 5.74) is 1.49. The van der Waals surface area contributed by atoms with Crippen molar-refractivity contribution in [3.63, 3.8) is 0 Å². The molecule has 13 heteroatoms. The number of carbonyl (C=O) groups excluding carboxylic acids is 2. The van der Waals surface area contributed by atoms with Crippen molar-refractivity contribution in [1.29, 1.82) is 5.26 Å². The molecular weight excluding hydrogens is 683 g/mol. The molecule has 2 heterocycles. The second-order valence-electron chi connectivity index (χ2n) is 13.2. The van der Waals surface area contributed by atoms with Crippen LogP contribution in [0.4, 0.5) is 4.79 Å². The van der Waals surface area contributed by atoms with Gasteiger partial charge in [-0.05, 0) is 68.7 Å². The molecule has 0 aromatic heterocycles. The minimum atomic E-state index is -1.64. The highest BCUT2D eigenvalue weighted by Crippen LogP contribution is 2.50. The topological polar surface area (TPSA) is 132 Å². The number of nitrogens with one attached hydrogen (secondary N) is 1. The van der Waals surface area contributed by atoms with E-state index in [1.54, 1.807) is 14.2 Å². The normalized spacial score (nSPS) is 19.9. The predicted octanol–water partition coefficient (Wildman–Crippen LogP) is 6.73. The molecule has 1 unspecified atom stereocenters. The van der Waals surface area contributed by atoms with E-state index < -0.39 is 38.6 Å². The van der Waals surface area contributed by atoms with E-state index in [9.17, 15) is 14.9 Å². The molecule has 5 rings (SSSR count). The number of nitrogens with zero attached hydrogens (tertiary/aromatic N) is 3. The number of benzene rings is 3. The van der Waals surface area contributed by atoms with Crippen LogP contribution in [0.25, 0.3) is 0 Å². The van der Waals surface area contributed by atoms with Crippen LogP contribution in [0.5, 0.6) is 11.5 Å². The summed E-state index contributed by atoms with van der Waals surface area (Å²) in [6.07, 6.45) is -1.19. The van der Waals surface area contributed by atoms with E-state index in [0.29, 0.717) is 17.9 Å². The average molecular weight is 733 g/mol. The van der Waals surface area contributed by atoms with Crippen LogP contribution in [-0.2, 0) is 28.9 Å². The maximum absolute atomic E-state index is 13.0. The first-order valence-electron chi connectivity index (χ1n) is 17.6. The van der Waals surface area contributed by atoms with Crippen LogP contribution in [0.1, 0.15) is 63.6 Å². The molecule has 2 aliphatic heterocycles. The Balaban J connectivity index is 1.56. The van der Waals surface area contributed by atoms with Crippen LogP contribution < -0.4 is 14.8 Å². The van der Waals surface area contributed by atoms with Crippen LogP contribution in [0.3, 0.4) is 0 Å². The minimum Gasteiger partial charge on any atom is -0.497 e. The van der Waals surface area contributed by atoms with Gasteiger partial charge in [0.05, 0.1) is 46.0 Å². The van der Waals surface area contributed by atoms with Gasteiger partial charge >= 0.3 is 6.03 Å². The Morgan fingerprint density at radius 1 is 0.923 bits per heavy atom. The Hall–Kier alpha value is -4.08. The van der Waals surface area contributed by atoms with Crippen LogP contribution in [0.2, 0.25) is 0 Å². The number of amides is 3. The van der Waals surface area contributed by atoms with Crippen LogP contribution >= 0.6 is 8.53 Å². The summed E-state index contributed by atoms with van der Waals surface area (Å²) < 4.78 is 40.2. The van der Waals surface area contributed by atoms with Crippen LogP contribution in [-0.4, -0.2) is 86.0 Å². The highest BCUT2D eigenvalue weighted by Gasteiger charge is 2.47. The van der Waals surface area contributed by atoms with E-state index >= 15 is 0 Å². The fraction of sp³-hybridized carbons (Fsp3) is 0.462. The monoisotopic (exact) mass is 732 g/mol. The summed E-state index contributed by atoms with van der Waals surface area (Å²) >= 11 is 0. The second kappa shape index (κ2) is 18.1. The van der Waals surface area contributed by atoms with Gasteiger partial charge in [-0.1, -0.05) is 54.6 Å². The Kier molecular flexibility index (Phi) is 13.6. The van der Waals surface area contributed by atoms with E-state index in [1.165, 1.54) is 4.90 Å².